The molecule has 3 atom stereocenters. The molecule has 2 saturated heterocycles. The Balaban J connectivity index is 1.29. The van der Waals surface area contributed by atoms with E-state index in [0.717, 1.165) is 45.3 Å². The summed E-state index contributed by atoms with van der Waals surface area (Å²) < 4.78 is 0. The minimum absolute atomic E-state index is 0.0985. The first-order valence-corrected chi connectivity index (χ1v) is 13.0. The van der Waals surface area contributed by atoms with E-state index in [2.05, 4.69) is 58.8 Å². The first-order valence-electron chi connectivity index (χ1n) is 13.0. The van der Waals surface area contributed by atoms with Crippen LogP contribution in [0.5, 0.6) is 0 Å². The number of fused-ring (bicyclic) bond motifs is 1. The van der Waals surface area contributed by atoms with Crippen molar-refractivity contribution < 1.29 is 9.90 Å². The zero-order valence-corrected chi connectivity index (χ0v) is 20.0. The number of nitrogens with one attached hydrogen (secondary N) is 1. The van der Waals surface area contributed by atoms with E-state index in [4.69, 9.17) is 0 Å². The van der Waals surface area contributed by atoms with Gasteiger partial charge >= 0.3 is 6.03 Å². The van der Waals surface area contributed by atoms with Crippen molar-refractivity contribution in [1.82, 2.24) is 15.1 Å². The van der Waals surface area contributed by atoms with Gasteiger partial charge in [0, 0.05) is 37.1 Å². The number of hydrogen-bond donors (Lipinski definition) is 2. The summed E-state index contributed by atoms with van der Waals surface area (Å²) in [6, 6.07) is 19.9. The zero-order chi connectivity index (χ0) is 23.3. The molecule has 3 aliphatic rings. The fraction of sp³-hybridized carbons (Fsp3) is 0.483. The number of carbonyl (C=O) groups excluding carboxylic acids is 1. The lowest BCUT2D eigenvalue weighted by Gasteiger charge is -2.57. The monoisotopic (exact) mass is 459 g/mol. The van der Waals surface area contributed by atoms with Gasteiger partial charge in [0.15, 0.2) is 0 Å². The minimum atomic E-state index is 0.0985. The molecule has 2 N–H and O–H groups in total. The van der Waals surface area contributed by atoms with Gasteiger partial charge in [-0.2, -0.15) is 0 Å². The highest BCUT2D eigenvalue weighted by atomic mass is 16.3. The van der Waals surface area contributed by atoms with E-state index >= 15 is 0 Å². The van der Waals surface area contributed by atoms with Crippen LogP contribution >= 0.6 is 0 Å². The number of urea groups is 1. The topological polar surface area (TPSA) is 55.8 Å². The molecule has 0 unspecified atom stereocenters. The standard InChI is InChI=1S/C29H37N3O2/c33-21-27-28(24-16-14-23(15-17-24)13-12-22-8-2-1-3-9-22)26-20-31(18-6-7-19-32(26)27)29(34)30-25-10-4-5-11-25/h1-3,8-9,12-17,25-28,33H,4-7,10-11,18-21H2,(H,30,34)/b13-12+/t26-,27+,28+/m1/s1. The fourth-order valence-corrected chi connectivity index (χ4v) is 6.05. The third-order valence-corrected chi connectivity index (χ3v) is 7.93. The molecule has 1 aliphatic carbocycles. The fourth-order valence-electron chi connectivity index (χ4n) is 6.05. The van der Waals surface area contributed by atoms with Crippen LogP contribution in [0.15, 0.2) is 54.6 Å². The molecule has 2 heterocycles. The second-order valence-corrected chi connectivity index (χ2v) is 10.1. The molecule has 5 rings (SSSR count). The Morgan fingerprint density at radius 2 is 1.59 bits per heavy atom. The number of carbonyl (C=O) groups is 1. The first-order chi connectivity index (χ1) is 16.7. The summed E-state index contributed by atoms with van der Waals surface area (Å²) in [6.45, 7) is 2.71. The highest BCUT2D eigenvalue weighted by Crippen LogP contribution is 2.42. The van der Waals surface area contributed by atoms with Gasteiger partial charge in [-0.3, -0.25) is 4.90 Å². The molecule has 2 aromatic carbocycles. The molecule has 2 aliphatic heterocycles. The molecule has 0 bridgehead atoms. The lowest BCUT2D eigenvalue weighted by Crippen LogP contribution is -2.68. The van der Waals surface area contributed by atoms with Crippen LogP contribution in [-0.4, -0.2) is 65.3 Å². The highest BCUT2D eigenvalue weighted by molar-refractivity contribution is 5.74. The largest absolute Gasteiger partial charge is 0.395 e. The number of hydrogen-bond acceptors (Lipinski definition) is 3. The maximum Gasteiger partial charge on any atom is 0.317 e. The van der Waals surface area contributed by atoms with E-state index in [0.29, 0.717) is 6.04 Å². The normalized spacial score (nSPS) is 26.0. The van der Waals surface area contributed by atoms with Crippen molar-refractivity contribution >= 4 is 18.2 Å². The van der Waals surface area contributed by atoms with Gasteiger partial charge in [0.25, 0.3) is 0 Å². The number of nitrogens with zero attached hydrogens (tertiary/aromatic N) is 2. The van der Waals surface area contributed by atoms with Crippen molar-refractivity contribution in [3.05, 3.63) is 71.3 Å². The third kappa shape index (κ3) is 5.06. The van der Waals surface area contributed by atoms with Gasteiger partial charge in [0.1, 0.15) is 0 Å². The molecular weight excluding hydrogens is 422 g/mol. The highest BCUT2D eigenvalue weighted by Gasteiger charge is 2.49. The van der Waals surface area contributed by atoms with Gasteiger partial charge in [-0.1, -0.05) is 79.6 Å². The lowest BCUT2D eigenvalue weighted by atomic mass is 9.74. The van der Waals surface area contributed by atoms with Crippen LogP contribution in [0.3, 0.4) is 0 Å². The molecule has 2 amide bonds. The van der Waals surface area contributed by atoms with E-state index in [-0.39, 0.29) is 30.6 Å². The maximum atomic E-state index is 13.1. The number of aliphatic hydroxyl groups excluding tert-OH is 1. The minimum Gasteiger partial charge on any atom is -0.395 e. The van der Waals surface area contributed by atoms with Crippen LogP contribution in [0.4, 0.5) is 4.79 Å². The van der Waals surface area contributed by atoms with Crippen molar-refractivity contribution in [3.8, 4) is 0 Å². The molecule has 1 saturated carbocycles. The van der Waals surface area contributed by atoms with E-state index in [1.807, 2.05) is 23.1 Å². The molecule has 5 heteroatoms. The first kappa shape index (κ1) is 23.1. The Morgan fingerprint density at radius 3 is 2.29 bits per heavy atom. The van der Waals surface area contributed by atoms with Crippen LogP contribution in [-0.2, 0) is 0 Å². The summed E-state index contributed by atoms with van der Waals surface area (Å²) in [6.07, 6.45) is 11.0. The summed E-state index contributed by atoms with van der Waals surface area (Å²) in [5.74, 6) is 0.247. The number of benzene rings is 2. The summed E-state index contributed by atoms with van der Waals surface area (Å²) in [5, 5.41) is 13.5. The predicted molar refractivity (Wildman–Crippen MR) is 138 cm³/mol. The van der Waals surface area contributed by atoms with Crippen LogP contribution < -0.4 is 5.32 Å². The molecule has 0 spiro atoms. The molecule has 0 aromatic heterocycles. The summed E-state index contributed by atoms with van der Waals surface area (Å²) in [5.41, 5.74) is 3.61. The second-order valence-electron chi connectivity index (χ2n) is 10.1. The predicted octanol–water partition coefficient (Wildman–Crippen LogP) is 4.73. The Morgan fingerprint density at radius 1 is 0.912 bits per heavy atom. The zero-order valence-electron chi connectivity index (χ0n) is 20.0. The van der Waals surface area contributed by atoms with Gasteiger partial charge in [-0.05, 0) is 48.9 Å². The van der Waals surface area contributed by atoms with Crippen LogP contribution in [0, 0.1) is 0 Å². The average Bonchev–Trinajstić information content (AvgIpc) is 3.36. The lowest BCUT2D eigenvalue weighted by molar-refractivity contribution is -0.0591. The Kier molecular flexibility index (Phi) is 7.31. The van der Waals surface area contributed by atoms with Gasteiger partial charge in [0.05, 0.1) is 6.61 Å². The van der Waals surface area contributed by atoms with Crippen LogP contribution in [0.25, 0.3) is 12.2 Å². The van der Waals surface area contributed by atoms with Crippen molar-refractivity contribution in [2.45, 2.75) is 62.6 Å². The second kappa shape index (κ2) is 10.7. The summed E-state index contributed by atoms with van der Waals surface area (Å²) >= 11 is 0. The Hall–Kier alpha value is -2.63. The third-order valence-electron chi connectivity index (χ3n) is 7.93. The van der Waals surface area contributed by atoms with E-state index in [9.17, 15) is 9.90 Å². The Bertz CT molecular complexity index is 969. The number of amides is 2. The molecular formula is C29H37N3O2. The van der Waals surface area contributed by atoms with Crippen molar-refractivity contribution in [2.24, 2.45) is 0 Å². The van der Waals surface area contributed by atoms with Crippen LogP contribution in [0.2, 0.25) is 0 Å². The molecule has 5 nitrogen and oxygen atoms in total. The molecule has 0 radical (unpaired) electrons. The summed E-state index contributed by atoms with van der Waals surface area (Å²) in [7, 11) is 0. The van der Waals surface area contributed by atoms with Crippen molar-refractivity contribution in [1.29, 1.82) is 0 Å². The number of rotatable bonds is 5. The van der Waals surface area contributed by atoms with E-state index in [1.54, 1.807) is 0 Å². The van der Waals surface area contributed by atoms with Crippen LogP contribution in [0.1, 0.15) is 61.1 Å². The quantitative estimate of drug-likeness (QED) is 0.636. The van der Waals surface area contributed by atoms with E-state index < -0.39 is 0 Å². The Labute approximate surface area is 203 Å². The van der Waals surface area contributed by atoms with Gasteiger partial charge < -0.3 is 15.3 Å². The number of aliphatic hydroxyl groups is 1. The molecule has 34 heavy (non-hydrogen) atoms. The average molecular weight is 460 g/mol. The summed E-state index contributed by atoms with van der Waals surface area (Å²) in [4.78, 5) is 17.5. The molecule has 180 valence electrons. The van der Waals surface area contributed by atoms with Gasteiger partial charge in [0.2, 0.25) is 0 Å². The van der Waals surface area contributed by atoms with E-state index in [1.165, 1.54) is 29.5 Å². The molecule has 2 aromatic rings. The smallest absolute Gasteiger partial charge is 0.317 e. The SMILES string of the molecule is O=C(NC1CCCC1)N1CCCCN2[C@H](C1)[C@H](c1ccc(/C=C/c3ccccc3)cc1)[C@@H]2CO. The van der Waals surface area contributed by atoms with Gasteiger partial charge in [-0.15, -0.1) is 0 Å². The van der Waals surface area contributed by atoms with Gasteiger partial charge in [-0.25, -0.2) is 4.79 Å². The maximum absolute atomic E-state index is 13.1. The van der Waals surface area contributed by atoms with Crippen molar-refractivity contribution in [2.75, 3.05) is 26.2 Å². The van der Waals surface area contributed by atoms with Crippen molar-refractivity contribution in [3.63, 3.8) is 0 Å². The molecule has 3 fully saturated rings.